The van der Waals surface area contributed by atoms with Gasteiger partial charge in [-0.1, -0.05) is 12.1 Å². The van der Waals surface area contributed by atoms with Crippen LogP contribution in [0.2, 0.25) is 0 Å². The van der Waals surface area contributed by atoms with E-state index in [4.69, 9.17) is 0 Å². The third-order valence-electron chi connectivity index (χ3n) is 2.62. The molecule has 0 amide bonds. The molecule has 1 aromatic carbocycles. The first kappa shape index (κ1) is 16.8. The van der Waals surface area contributed by atoms with Crippen LogP contribution in [-0.2, 0) is 0 Å². The summed E-state index contributed by atoms with van der Waals surface area (Å²) >= 11 is 1.75. The van der Waals surface area contributed by atoms with Gasteiger partial charge < -0.3 is 15.7 Å². The minimum atomic E-state index is -0.730. The Morgan fingerprint density at radius 2 is 2.05 bits per heavy atom. The van der Waals surface area contributed by atoms with Crippen molar-refractivity contribution in [1.82, 2.24) is 10.6 Å². The van der Waals surface area contributed by atoms with Crippen molar-refractivity contribution in [3.63, 3.8) is 0 Å². The molecule has 0 saturated carbocycles. The van der Waals surface area contributed by atoms with Crippen molar-refractivity contribution in [2.75, 3.05) is 31.6 Å². The smallest absolute Gasteiger partial charge is 0.191 e. The second kappa shape index (κ2) is 9.61. The summed E-state index contributed by atoms with van der Waals surface area (Å²) in [6.07, 6.45) is 1.32. The van der Waals surface area contributed by atoms with E-state index in [-0.39, 0.29) is 12.4 Å². The van der Waals surface area contributed by atoms with Gasteiger partial charge >= 0.3 is 0 Å². The van der Waals surface area contributed by atoms with E-state index in [9.17, 15) is 9.50 Å². The van der Waals surface area contributed by atoms with Gasteiger partial charge in [-0.2, -0.15) is 11.8 Å². The molecule has 0 saturated heterocycles. The lowest BCUT2D eigenvalue weighted by atomic mass is 10.1. The first-order chi connectivity index (χ1) is 9.67. The van der Waals surface area contributed by atoms with Crippen molar-refractivity contribution in [3.05, 3.63) is 35.6 Å². The minimum Gasteiger partial charge on any atom is -0.386 e. The predicted molar refractivity (Wildman–Crippen MR) is 83.7 cm³/mol. The Labute approximate surface area is 123 Å². The number of hydrogen-bond donors (Lipinski definition) is 3. The fraction of sp³-hybridized carbons (Fsp3) is 0.500. The summed E-state index contributed by atoms with van der Waals surface area (Å²) in [5, 5.41) is 16.3. The van der Waals surface area contributed by atoms with E-state index in [1.165, 1.54) is 12.1 Å². The molecular weight excluding hydrogens is 277 g/mol. The first-order valence-corrected chi connectivity index (χ1v) is 8.01. The van der Waals surface area contributed by atoms with E-state index >= 15 is 0 Å². The molecule has 0 spiro atoms. The van der Waals surface area contributed by atoms with Crippen LogP contribution in [0.25, 0.3) is 0 Å². The predicted octanol–water partition coefficient (Wildman–Crippen LogP) is 1.78. The maximum atomic E-state index is 12.8. The summed E-state index contributed by atoms with van der Waals surface area (Å²) in [5.74, 6) is 1.37. The second-order valence-electron chi connectivity index (χ2n) is 4.21. The topological polar surface area (TPSA) is 56.7 Å². The molecular formula is C14H22FN3OS. The average molecular weight is 299 g/mol. The van der Waals surface area contributed by atoms with Crippen LogP contribution in [0.5, 0.6) is 0 Å². The SMILES string of the molecule is CCNC(=NCC(O)c1ccc(F)cc1)NCCSC. The molecule has 1 unspecified atom stereocenters. The Balaban J connectivity index is 2.54. The number of aliphatic imine (C=N–C) groups is 1. The molecule has 3 N–H and O–H groups in total. The molecule has 112 valence electrons. The van der Waals surface area contributed by atoms with Crippen molar-refractivity contribution in [2.45, 2.75) is 13.0 Å². The van der Waals surface area contributed by atoms with Crippen LogP contribution >= 0.6 is 11.8 Å². The van der Waals surface area contributed by atoms with Crippen LogP contribution in [0.3, 0.4) is 0 Å². The third kappa shape index (κ3) is 6.25. The molecule has 0 aliphatic rings. The van der Waals surface area contributed by atoms with Crippen LogP contribution in [0, 0.1) is 5.82 Å². The Morgan fingerprint density at radius 3 is 2.65 bits per heavy atom. The van der Waals surface area contributed by atoms with Crippen LogP contribution in [-0.4, -0.2) is 42.7 Å². The lowest BCUT2D eigenvalue weighted by Gasteiger charge is -2.13. The highest BCUT2D eigenvalue weighted by molar-refractivity contribution is 7.98. The van der Waals surface area contributed by atoms with Gasteiger partial charge in [-0.15, -0.1) is 0 Å². The number of hydrogen-bond acceptors (Lipinski definition) is 3. The summed E-state index contributed by atoms with van der Waals surface area (Å²) in [5.41, 5.74) is 0.662. The molecule has 1 atom stereocenters. The summed E-state index contributed by atoms with van der Waals surface area (Å²) in [4.78, 5) is 4.33. The molecule has 20 heavy (non-hydrogen) atoms. The van der Waals surface area contributed by atoms with Gasteiger partial charge in [-0.3, -0.25) is 4.99 Å². The van der Waals surface area contributed by atoms with Gasteiger partial charge in [0.05, 0.1) is 12.6 Å². The van der Waals surface area contributed by atoms with Gasteiger partial charge in [0.25, 0.3) is 0 Å². The number of aliphatic hydroxyl groups excluding tert-OH is 1. The van der Waals surface area contributed by atoms with E-state index in [2.05, 4.69) is 15.6 Å². The van der Waals surface area contributed by atoms with Crippen LogP contribution in [0.1, 0.15) is 18.6 Å². The molecule has 0 aromatic heterocycles. The summed E-state index contributed by atoms with van der Waals surface area (Å²) in [6, 6.07) is 5.82. The molecule has 1 aromatic rings. The molecule has 0 aliphatic carbocycles. The van der Waals surface area contributed by atoms with E-state index in [1.807, 2.05) is 13.2 Å². The summed E-state index contributed by atoms with van der Waals surface area (Å²) in [6.45, 7) is 3.81. The van der Waals surface area contributed by atoms with Crippen molar-refractivity contribution >= 4 is 17.7 Å². The first-order valence-electron chi connectivity index (χ1n) is 6.62. The Hall–Kier alpha value is -1.27. The number of rotatable bonds is 7. The fourth-order valence-electron chi connectivity index (χ4n) is 1.58. The quantitative estimate of drug-likeness (QED) is 0.408. The molecule has 0 heterocycles. The van der Waals surface area contributed by atoms with Crippen molar-refractivity contribution in [2.24, 2.45) is 4.99 Å². The molecule has 0 fully saturated rings. The molecule has 1 rings (SSSR count). The number of thioether (sulfide) groups is 1. The number of nitrogens with one attached hydrogen (secondary N) is 2. The normalized spacial score (nSPS) is 13.1. The zero-order chi connectivity index (χ0) is 14.8. The average Bonchev–Trinajstić information content (AvgIpc) is 2.45. The zero-order valence-electron chi connectivity index (χ0n) is 11.9. The highest BCUT2D eigenvalue weighted by atomic mass is 32.2. The standard InChI is InChI=1S/C14H22FN3OS/c1-3-16-14(17-8-9-20-2)18-10-13(19)11-4-6-12(15)7-5-11/h4-7,13,19H,3,8-10H2,1-2H3,(H2,16,17,18). The van der Waals surface area contributed by atoms with Gasteiger partial charge in [0.15, 0.2) is 5.96 Å². The minimum absolute atomic E-state index is 0.236. The molecule has 0 bridgehead atoms. The Morgan fingerprint density at radius 1 is 1.35 bits per heavy atom. The number of benzene rings is 1. The van der Waals surface area contributed by atoms with E-state index in [1.54, 1.807) is 23.9 Å². The van der Waals surface area contributed by atoms with E-state index in [0.29, 0.717) is 11.5 Å². The highest BCUT2D eigenvalue weighted by Gasteiger charge is 2.07. The molecule has 4 nitrogen and oxygen atoms in total. The fourth-order valence-corrected chi connectivity index (χ4v) is 1.89. The van der Waals surface area contributed by atoms with Gasteiger partial charge in [0, 0.05) is 18.8 Å². The number of halogens is 1. The van der Waals surface area contributed by atoms with Crippen LogP contribution in [0.4, 0.5) is 4.39 Å². The van der Waals surface area contributed by atoms with Crippen LogP contribution in [0.15, 0.2) is 29.3 Å². The maximum absolute atomic E-state index is 12.8. The largest absolute Gasteiger partial charge is 0.386 e. The van der Waals surface area contributed by atoms with E-state index < -0.39 is 6.10 Å². The lowest BCUT2D eigenvalue weighted by Crippen LogP contribution is -2.38. The number of nitrogens with zero attached hydrogens (tertiary/aromatic N) is 1. The van der Waals surface area contributed by atoms with E-state index in [0.717, 1.165) is 18.8 Å². The maximum Gasteiger partial charge on any atom is 0.191 e. The number of guanidine groups is 1. The summed E-state index contributed by atoms with van der Waals surface area (Å²) < 4.78 is 12.8. The molecule has 0 radical (unpaired) electrons. The summed E-state index contributed by atoms with van der Waals surface area (Å²) in [7, 11) is 0. The lowest BCUT2D eigenvalue weighted by molar-refractivity contribution is 0.187. The van der Waals surface area contributed by atoms with Crippen molar-refractivity contribution < 1.29 is 9.50 Å². The zero-order valence-corrected chi connectivity index (χ0v) is 12.7. The monoisotopic (exact) mass is 299 g/mol. The van der Waals surface area contributed by atoms with Crippen molar-refractivity contribution in [1.29, 1.82) is 0 Å². The van der Waals surface area contributed by atoms with Crippen LogP contribution < -0.4 is 10.6 Å². The van der Waals surface area contributed by atoms with Gasteiger partial charge in [-0.05, 0) is 30.9 Å². The van der Waals surface area contributed by atoms with Gasteiger partial charge in [0.1, 0.15) is 5.82 Å². The molecule has 0 aliphatic heterocycles. The third-order valence-corrected chi connectivity index (χ3v) is 3.23. The van der Waals surface area contributed by atoms with Gasteiger partial charge in [-0.25, -0.2) is 4.39 Å². The van der Waals surface area contributed by atoms with Crippen molar-refractivity contribution in [3.8, 4) is 0 Å². The Bertz CT molecular complexity index is 411. The van der Waals surface area contributed by atoms with Gasteiger partial charge in [0.2, 0.25) is 0 Å². The highest BCUT2D eigenvalue weighted by Crippen LogP contribution is 2.13. The number of aliphatic hydroxyl groups is 1. The second-order valence-corrected chi connectivity index (χ2v) is 5.19. The Kier molecular flexibility index (Phi) is 8.06. The molecule has 6 heteroatoms.